The second-order valence-electron chi connectivity index (χ2n) is 6.71. The molecule has 1 aromatic heterocycles. The third-order valence-electron chi connectivity index (χ3n) is 4.91. The Morgan fingerprint density at radius 1 is 1.14 bits per heavy atom. The Balaban J connectivity index is 1.60. The maximum Gasteiger partial charge on any atom is 0.414 e. The highest BCUT2D eigenvalue weighted by Crippen LogP contribution is 2.33. The lowest BCUT2D eigenvalue weighted by atomic mass is 10.1. The number of cyclic esters (lactones) is 1. The van der Waals surface area contributed by atoms with Gasteiger partial charge in [-0.3, -0.25) is 14.6 Å². The third-order valence-corrected chi connectivity index (χ3v) is 4.91. The van der Waals surface area contributed by atoms with Gasteiger partial charge in [0.05, 0.1) is 18.8 Å². The van der Waals surface area contributed by atoms with Crippen molar-refractivity contribution in [3.63, 3.8) is 0 Å². The van der Waals surface area contributed by atoms with Gasteiger partial charge in [-0.1, -0.05) is 0 Å². The van der Waals surface area contributed by atoms with Gasteiger partial charge in [0.25, 0.3) is 5.91 Å². The number of amides is 2. The molecule has 29 heavy (non-hydrogen) atoms. The number of anilines is 2. The van der Waals surface area contributed by atoms with Crippen LogP contribution in [0, 0.1) is 11.6 Å². The van der Waals surface area contributed by atoms with Crippen molar-refractivity contribution in [3.05, 3.63) is 42.1 Å². The molecule has 0 spiro atoms. The zero-order valence-corrected chi connectivity index (χ0v) is 15.0. The highest BCUT2D eigenvalue weighted by molar-refractivity contribution is 5.98. The SMILES string of the molecule is O=C1C(F)CCN1c1ccc(-c2ccc(N3CC(CO)OC3=O)c(F)c2F)cn1. The summed E-state index contributed by atoms with van der Waals surface area (Å²) in [6.07, 6.45) is -1.89. The van der Waals surface area contributed by atoms with E-state index in [0.717, 1.165) is 4.90 Å². The molecule has 4 rings (SSSR count). The van der Waals surface area contributed by atoms with Crippen LogP contribution in [-0.4, -0.2) is 54.1 Å². The molecule has 2 atom stereocenters. The first-order chi connectivity index (χ1) is 13.9. The van der Waals surface area contributed by atoms with Crippen molar-refractivity contribution in [1.82, 2.24) is 4.98 Å². The van der Waals surface area contributed by atoms with Crippen LogP contribution in [0.5, 0.6) is 0 Å². The maximum absolute atomic E-state index is 14.7. The number of nitrogens with zero attached hydrogens (tertiary/aromatic N) is 3. The van der Waals surface area contributed by atoms with Gasteiger partial charge >= 0.3 is 6.09 Å². The monoisotopic (exact) mass is 407 g/mol. The number of rotatable bonds is 4. The molecule has 1 N–H and O–H groups in total. The molecule has 1 aromatic carbocycles. The van der Waals surface area contributed by atoms with Gasteiger partial charge in [0.15, 0.2) is 17.8 Å². The van der Waals surface area contributed by atoms with Crippen LogP contribution in [0.3, 0.4) is 0 Å². The molecule has 2 saturated heterocycles. The number of aromatic nitrogens is 1. The molecule has 2 aliphatic rings. The summed E-state index contributed by atoms with van der Waals surface area (Å²) in [7, 11) is 0. The Kier molecular flexibility index (Phi) is 4.87. The van der Waals surface area contributed by atoms with E-state index < -0.39 is 42.5 Å². The van der Waals surface area contributed by atoms with Gasteiger partial charge in [-0.15, -0.1) is 0 Å². The number of ether oxygens (including phenoxy) is 1. The van der Waals surface area contributed by atoms with Crippen molar-refractivity contribution in [2.45, 2.75) is 18.7 Å². The van der Waals surface area contributed by atoms with Gasteiger partial charge in [0.1, 0.15) is 11.9 Å². The number of carbonyl (C=O) groups excluding carboxylic acids is 2. The summed E-state index contributed by atoms with van der Waals surface area (Å²) in [5.74, 6) is -2.87. The van der Waals surface area contributed by atoms with Crippen LogP contribution in [0.2, 0.25) is 0 Å². The van der Waals surface area contributed by atoms with Crippen LogP contribution < -0.4 is 9.80 Å². The van der Waals surface area contributed by atoms with Crippen molar-refractivity contribution in [2.75, 3.05) is 29.5 Å². The lowest BCUT2D eigenvalue weighted by Crippen LogP contribution is -2.28. The molecule has 2 aliphatic heterocycles. The van der Waals surface area contributed by atoms with E-state index in [0.29, 0.717) is 0 Å². The average Bonchev–Trinajstić information content (AvgIpc) is 3.26. The Hall–Kier alpha value is -3.14. The molecule has 2 amide bonds. The van der Waals surface area contributed by atoms with E-state index >= 15 is 0 Å². The fourth-order valence-electron chi connectivity index (χ4n) is 3.36. The second kappa shape index (κ2) is 7.36. The number of aliphatic hydroxyl groups is 1. The summed E-state index contributed by atoms with van der Waals surface area (Å²) in [6, 6.07) is 5.41. The Morgan fingerprint density at radius 2 is 1.93 bits per heavy atom. The summed E-state index contributed by atoms with van der Waals surface area (Å²) < 4.78 is 47.5. The molecule has 2 aromatic rings. The number of halogens is 3. The highest BCUT2D eigenvalue weighted by Gasteiger charge is 2.35. The van der Waals surface area contributed by atoms with Crippen molar-refractivity contribution in [1.29, 1.82) is 0 Å². The number of pyridine rings is 1. The summed E-state index contributed by atoms with van der Waals surface area (Å²) in [6.45, 7) is -0.323. The van der Waals surface area contributed by atoms with Gasteiger partial charge in [-0.2, -0.15) is 0 Å². The van der Waals surface area contributed by atoms with Crippen LogP contribution in [-0.2, 0) is 9.53 Å². The average molecular weight is 407 g/mol. The summed E-state index contributed by atoms with van der Waals surface area (Å²) in [5, 5.41) is 9.07. The topological polar surface area (TPSA) is 83.0 Å². The number of hydrogen-bond donors (Lipinski definition) is 1. The minimum atomic E-state index is -1.56. The molecule has 152 valence electrons. The maximum atomic E-state index is 14.7. The number of aliphatic hydroxyl groups excluding tert-OH is 1. The van der Waals surface area contributed by atoms with E-state index in [9.17, 15) is 22.8 Å². The molecule has 7 nitrogen and oxygen atoms in total. The quantitative estimate of drug-likeness (QED) is 0.842. The second-order valence-corrected chi connectivity index (χ2v) is 6.71. The van der Waals surface area contributed by atoms with E-state index in [2.05, 4.69) is 4.98 Å². The molecule has 0 aliphatic carbocycles. The van der Waals surface area contributed by atoms with Gasteiger partial charge in [0, 0.05) is 30.3 Å². The van der Waals surface area contributed by atoms with Crippen molar-refractivity contribution < 1.29 is 32.6 Å². The van der Waals surface area contributed by atoms with Crippen LogP contribution in [0.1, 0.15) is 6.42 Å². The smallest absolute Gasteiger partial charge is 0.414 e. The highest BCUT2D eigenvalue weighted by atomic mass is 19.2. The molecule has 2 unspecified atom stereocenters. The fourth-order valence-corrected chi connectivity index (χ4v) is 3.36. The predicted octanol–water partition coefficient (Wildman–Crippen LogP) is 2.42. The first-order valence-electron chi connectivity index (χ1n) is 8.89. The van der Waals surface area contributed by atoms with Gasteiger partial charge in [-0.05, 0) is 24.3 Å². The first kappa shape index (κ1) is 19.2. The molecule has 10 heteroatoms. The molecular formula is C19H16F3N3O4. The van der Waals surface area contributed by atoms with Crippen LogP contribution >= 0.6 is 0 Å². The Morgan fingerprint density at radius 3 is 2.52 bits per heavy atom. The van der Waals surface area contributed by atoms with Gasteiger partial charge < -0.3 is 9.84 Å². The number of carbonyl (C=O) groups is 2. The zero-order valence-electron chi connectivity index (χ0n) is 15.0. The van der Waals surface area contributed by atoms with E-state index in [-0.39, 0.29) is 42.1 Å². The standard InChI is InChI=1S/C19H16F3N3O4/c20-13-5-6-24(18(13)27)15-4-1-10(7-23-15)12-2-3-14(17(22)16(12)21)25-8-11(9-26)29-19(25)28/h1-4,7,11,13,26H,5-6,8-9H2. The van der Waals surface area contributed by atoms with Gasteiger partial charge in [0.2, 0.25) is 0 Å². The zero-order chi connectivity index (χ0) is 20.7. The molecule has 3 heterocycles. The van der Waals surface area contributed by atoms with E-state index in [1.165, 1.54) is 35.4 Å². The van der Waals surface area contributed by atoms with Crippen LogP contribution in [0.15, 0.2) is 30.5 Å². The largest absolute Gasteiger partial charge is 0.441 e. The number of benzene rings is 1. The molecule has 0 bridgehead atoms. The molecular weight excluding hydrogens is 391 g/mol. The summed E-state index contributed by atoms with van der Waals surface area (Å²) >= 11 is 0. The Bertz CT molecular complexity index is 970. The fraction of sp³-hybridized carbons (Fsp3) is 0.316. The van der Waals surface area contributed by atoms with E-state index in [1.807, 2.05) is 0 Å². The van der Waals surface area contributed by atoms with Gasteiger partial charge in [-0.25, -0.2) is 22.9 Å². The van der Waals surface area contributed by atoms with Crippen molar-refractivity contribution in [2.24, 2.45) is 0 Å². The first-order valence-corrected chi connectivity index (χ1v) is 8.89. The van der Waals surface area contributed by atoms with E-state index in [4.69, 9.17) is 9.84 Å². The molecule has 0 saturated carbocycles. The summed E-state index contributed by atoms with van der Waals surface area (Å²) in [4.78, 5) is 29.7. The molecule has 0 radical (unpaired) electrons. The van der Waals surface area contributed by atoms with Crippen molar-refractivity contribution in [3.8, 4) is 11.1 Å². The molecule has 2 fully saturated rings. The minimum absolute atomic E-state index is 0.0830. The number of hydrogen-bond acceptors (Lipinski definition) is 5. The lowest BCUT2D eigenvalue weighted by Gasteiger charge is -2.17. The van der Waals surface area contributed by atoms with Crippen LogP contribution in [0.4, 0.5) is 29.5 Å². The minimum Gasteiger partial charge on any atom is -0.441 e. The summed E-state index contributed by atoms with van der Waals surface area (Å²) in [5.41, 5.74) is -0.140. The number of alkyl halides is 1. The predicted molar refractivity (Wildman–Crippen MR) is 96.2 cm³/mol. The van der Waals surface area contributed by atoms with Crippen LogP contribution in [0.25, 0.3) is 11.1 Å². The van der Waals surface area contributed by atoms with Crippen molar-refractivity contribution >= 4 is 23.5 Å². The normalized spacial score (nSPS) is 21.8. The third kappa shape index (κ3) is 3.29. The lowest BCUT2D eigenvalue weighted by molar-refractivity contribution is -0.121. The van der Waals surface area contributed by atoms with E-state index in [1.54, 1.807) is 0 Å². The Labute approximate surface area is 163 Å².